The molecular weight excluding hydrogens is 406 g/mol. The molecule has 1 N–H and O–H groups in total. The maximum absolute atomic E-state index is 12.6. The second kappa shape index (κ2) is 8.71. The van der Waals surface area contributed by atoms with Crippen LogP contribution in [0.25, 0.3) is 0 Å². The number of nitrogens with zero attached hydrogens (tertiary/aromatic N) is 3. The molecule has 1 amide bonds. The molecular formula is C25H31N3O4. The fourth-order valence-corrected chi connectivity index (χ4v) is 5.04. The monoisotopic (exact) mass is 437 g/mol. The lowest BCUT2D eigenvalue weighted by Gasteiger charge is -2.34. The van der Waals surface area contributed by atoms with E-state index in [1.54, 1.807) is 11.9 Å². The van der Waals surface area contributed by atoms with Gasteiger partial charge in [-0.25, -0.2) is 4.98 Å². The molecule has 3 aliphatic rings. The van der Waals surface area contributed by atoms with Crippen molar-refractivity contribution in [3.8, 4) is 5.75 Å². The van der Waals surface area contributed by atoms with Gasteiger partial charge in [0.2, 0.25) is 0 Å². The van der Waals surface area contributed by atoms with Gasteiger partial charge < -0.3 is 24.4 Å². The first-order valence-electron chi connectivity index (χ1n) is 11.6. The molecule has 1 fully saturated rings. The number of aromatic nitrogens is 1. The number of carbonyl (C=O) groups excluding carboxylic acids is 1. The van der Waals surface area contributed by atoms with E-state index in [0.717, 1.165) is 62.5 Å². The van der Waals surface area contributed by atoms with Crippen molar-refractivity contribution in [3.63, 3.8) is 0 Å². The number of aryl methyl sites for hydroxylation is 1. The molecule has 2 aromatic rings. The van der Waals surface area contributed by atoms with Gasteiger partial charge in [-0.15, -0.1) is 0 Å². The van der Waals surface area contributed by atoms with Crippen LogP contribution in [-0.4, -0.2) is 60.4 Å². The third-order valence-electron chi connectivity index (χ3n) is 6.99. The number of piperidine rings is 1. The molecule has 1 saturated heterocycles. The van der Waals surface area contributed by atoms with Crippen LogP contribution in [0.1, 0.15) is 58.5 Å². The van der Waals surface area contributed by atoms with E-state index in [1.165, 1.54) is 11.1 Å². The Balaban J connectivity index is 1.29. The third kappa shape index (κ3) is 3.73. The summed E-state index contributed by atoms with van der Waals surface area (Å²) in [6, 6.07) is 7.98. The number of aliphatic hydroxyl groups excluding tert-OH is 1. The fraction of sp³-hybridized carbons (Fsp3) is 0.520. The third-order valence-corrected chi connectivity index (χ3v) is 6.99. The summed E-state index contributed by atoms with van der Waals surface area (Å²) >= 11 is 0. The van der Waals surface area contributed by atoms with E-state index in [9.17, 15) is 9.90 Å². The Labute approximate surface area is 189 Å². The number of carbonyl (C=O) groups is 1. The summed E-state index contributed by atoms with van der Waals surface area (Å²) in [4.78, 5) is 21.4. The molecule has 1 aromatic heterocycles. The van der Waals surface area contributed by atoms with Crippen molar-refractivity contribution in [1.82, 2.24) is 9.88 Å². The molecule has 0 bridgehead atoms. The van der Waals surface area contributed by atoms with E-state index in [0.29, 0.717) is 17.9 Å². The molecule has 0 unspecified atom stereocenters. The molecule has 0 saturated carbocycles. The Hall–Kier alpha value is -2.64. The quantitative estimate of drug-likeness (QED) is 0.775. The number of hydrogen-bond acceptors (Lipinski definition) is 6. The Morgan fingerprint density at radius 3 is 2.78 bits per heavy atom. The van der Waals surface area contributed by atoms with E-state index in [1.807, 2.05) is 6.07 Å². The molecule has 4 heterocycles. The number of benzene rings is 1. The average molecular weight is 438 g/mol. The van der Waals surface area contributed by atoms with E-state index < -0.39 is 0 Å². The van der Waals surface area contributed by atoms with Gasteiger partial charge in [0.1, 0.15) is 17.7 Å². The fourth-order valence-electron chi connectivity index (χ4n) is 5.04. The molecule has 1 aromatic carbocycles. The zero-order valence-corrected chi connectivity index (χ0v) is 18.8. The van der Waals surface area contributed by atoms with Crippen LogP contribution in [0.15, 0.2) is 24.3 Å². The Kier molecular flexibility index (Phi) is 5.78. The van der Waals surface area contributed by atoms with Gasteiger partial charge in [-0.1, -0.05) is 13.0 Å². The molecule has 1 atom stereocenters. The van der Waals surface area contributed by atoms with Crippen molar-refractivity contribution in [2.75, 3.05) is 38.3 Å². The predicted molar refractivity (Wildman–Crippen MR) is 121 cm³/mol. The van der Waals surface area contributed by atoms with Crippen LogP contribution in [-0.2, 0) is 24.2 Å². The summed E-state index contributed by atoms with van der Waals surface area (Å²) in [6.45, 7) is 5.15. The van der Waals surface area contributed by atoms with Gasteiger partial charge in [-0.3, -0.25) is 4.79 Å². The molecule has 170 valence electrons. The molecule has 5 rings (SSSR count). The van der Waals surface area contributed by atoms with Crippen molar-refractivity contribution < 1.29 is 19.4 Å². The smallest absolute Gasteiger partial charge is 0.256 e. The first kappa shape index (κ1) is 21.2. The van der Waals surface area contributed by atoms with Crippen molar-refractivity contribution in [2.45, 2.75) is 51.4 Å². The van der Waals surface area contributed by atoms with Crippen molar-refractivity contribution in [2.24, 2.45) is 0 Å². The van der Waals surface area contributed by atoms with Crippen molar-refractivity contribution in [1.29, 1.82) is 0 Å². The minimum atomic E-state index is -0.365. The molecule has 0 aliphatic carbocycles. The predicted octanol–water partition coefficient (Wildman–Crippen LogP) is 2.88. The van der Waals surface area contributed by atoms with Gasteiger partial charge in [-0.05, 0) is 47.7 Å². The van der Waals surface area contributed by atoms with Crippen LogP contribution < -0.4 is 9.64 Å². The largest absolute Gasteiger partial charge is 0.490 e. The van der Waals surface area contributed by atoms with Crippen molar-refractivity contribution >= 4 is 11.7 Å². The number of pyridine rings is 1. The molecule has 7 heteroatoms. The summed E-state index contributed by atoms with van der Waals surface area (Å²) in [5.74, 6) is 1.80. The lowest BCUT2D eigenvalue weighted by atomic mass is 10.0. The number of hydrogen-bond donors (Lipinski definition) is 1. The molecule has 7 nitrogen and oxygen atoms in total. The van der Waals surface area contributed by atoms with E-state index >= 15 is 0 Å². The van der Waals surface area contributed by atoms with Crippen LogP contribution in [0.3, 0.4) is 0 Å². The van der Waals surface area contributed by atoms with E-state index in [2.05, 4.69) is 30.0 Å². The summed E-state index contributed by atoms with van der Waals surface area (Å²) in [5, 5.41) is 9.81. The topological polar surface area (TPSA) is 75.1 Å². The second-order valence-corrected chi connectivity index (χ2v) is 8.91. The van der Waals surface area contributed by atoms with Crippen LogP contribution in [0.2, 0.25) is 0 Å². The summed E-state index contributed by atoms with van der Waals surface area (Å²) in [5.41, 5.74) is 5.00. The first-order valence-corrected chi connectivity index (χ1v) is 11.6. The van der Waals surface area contributed by atoms with Gasteiger partial charge in [0.15, 0.2) is 0 Å². The number of anilines is 1. The molecule has 0 spiro atoms. The van der Waals surface area contributed by atoms with Gasteiger partial charge >= 0.3 is 0 Å². The maximum atomic E-state index is 12.6. The SMILES string of the molecule is CCc1cc2c(nc1N1CCC(Oc3ccc4c(c3)COCC4)CC1)[C@@H](CO)N(C)C2=O. The Morgan fingerprint density at radius 2 is 2.03 bits per heavy atom. The first-order chi connectivity index (χ1) is 15.6. The van der Waals surface area contributed by atoms with Crippen LogP contribution in [0, 0.1) is 0 Å². The molecule has 0 radical (unpaired) electrons. The van der Waals surface area contributed by atoms with Crippen molar-refractivity contribution in [3.05, 3.63) is 52.2 Å². The normalized spacial score (nSPS) is 21.0. The van der Waals surface area contributed by atoms with Gasteiger partial charge in [-0.2, -0.15) is 0 Å². The number of fused-ring (bicyclic) bond motifs is 2. The summed E-state index contributed by atoms with van der Waals surface area (Å²) in [7, 11) is 1.73. The standard InChI is InChI=1S/C25H31N3O4/c1-3-16-13-21-23(22(14-29)27(2)25(21)30)26-24(16)28-9-6-19(7-10-28)32-20-5-4-17-8-11-31-15-18(17)12-20/h4-5,12-13,19,22,29H,3,6-11,14-15H2,1-2H3/t22-/m1/s1. The lowest BCUT2D eigenvalue weighted by molar-refractivity contribution is 0.0715. The highest BCUT2D eigenvalue weighted by Gasteiger charge is 2.37. The highest BCUT2D eigenvalue weighted by molar-refractivity contribution is 5.99. The number of rotatable bonds is 5. The van der Waals surface area contributed by atoms with Gasteiger partial charge in [0.05, 0.1) is 37.1 Å². The minimum Gasteiger partial charge on any atom is -0.490 e. The highest BCUT2D eigenvalue weighted by atomic mass is 16.5. The van der Waals surface area contributed by atoms with Crippen LogP contribution >= 0.6 is 0 Å². The lowest BCUT2D eigenvalue weighted by Crippen LogP contribution is -2.39. The van der Waals surface area contributed by atoms with E-state index in [4.69, 9.17) is 14.5 Å². The van der Waals surface area contributed by atoms with Crippen LogP contribution in [0.4, 0.5) is 5.82 Å². The number of amides is 1. The number of aliphatic hydroxyl groups is 1. The maximum Gasteiger partial charge on any atom is 0.256 e. The molecule has 32 heavy (non-hydrogen) atoms. The highest BCUT2D eigenvalue weighted by Crippen LogP contribution is 2.35. The Morgan fingerprint density at radius 1 is 1.22 bits per heavy atom. The number of ether oxygens (including phenoxy) is 2. The summed E-state index contributed by atoms with van der Waals surface area (Å²) < 4.78 is 11.9. The average Bonchev–Trinajstić information content (AvgIpc) is 3.07. The van der Waals surface area contributed by atoms with Gasteiger partial charge in [0, 0.05) is 33.0 Å². The van der Waals surface area contributed by atoms with Crippen LogP contribution in [0.5, 0.6) is 5.75 Å². The number of likely N-dealkylation sites (N-methyl/N-ethyl adjacent to an activating group) is 1. The van der Waals surface area contributed by atoms with E-state index in [-0.39, 0.29) is 24.7 Å². The second-order valence-electron chi connectivity index (χ2n) is 8.91. The summed E-state index contributed by atoms with van der Waals surface area (Å²) in [6.07, 6.45) is 3.78. The Bertz CT molecular complexity index is 1020. The van der Waals surface area contributed by atoms with Gasteiger partial charge in [0.25, 0.3) is 5.91 Å². The molecule has 3 aliphatic heterocycles. The zero-order valence-electron chi connectivity index (χ0n) is 18.8. The zero-order chi connectivity index (χ0) is 22.2. The minimum absolute atomic E-state index is 0.0599.